The number of unbranched alkanes of at least 4 members (excludes halogenated alkanes) is 1. The van der Waals surface area contributed by atoms with Gasteiger partial charge in [0.1, 0.15) is 29.3 Å². The van der Waals surface area contributed by atoms with Gasteiger partial charge in [0.25, 0.3) is 5.09 Å². The summed E-state index contributed by atoms with van der Waals surface area (Å²) in [4.78, 5) is 44.8. The van der Waals surface area contributed by atoms with Crippen molar-refractivity contribution in [2.45, 2.75) is 76.9 Å². The smallest absolute Gasteiger partial charge is 0.338 e. The number of benzene rings is 2. The predicted octanol–water partition coefficient (Wildman–Crippen LogP) is 5.02. The number of carbonyl (C=O) groups excluding carboxylic acids is 2. The molecule has 12 heteroatoms. The summed E-state index contributed by atoms with van der Waals surface area (Å²) in [6, 6.07) is 12.4. The third-order valence-electron chi connectivity index (χ3n) is 8.35. The minimum Gasteiger partial charge on any atom is -0.494 e. The maximum atomic E-state index is 13.9. The van der Waals surface area contributed by atoms with Crippen LogP contribution < -0.4 is 4.74 Å². The molecule has 2 aliphatic rings. The van der Waals surface area contributed by atoms with Crippen molar-refractivity contribution in [2.75, 3.05) is 33.4 Å². The van der Waals surface area contributed by atoms with E-state index in [9.17, 15) is 19.7 Å². The number of ether oxygens (including phenoxy) is 4. The third kappa shape index (κ3) is 7.46. The number of ketones is 1. The summed E-state index contributed by atoms with van der Waals surface area (Å²) in [6.45, 7) is 7.86. The second kappa shape index (κ2) is 14.4. The molecule has 12 nitrogen and oxygen atoms in total. The summed E-state index contributed by atoms with van der Waals surface area (Å²) in [5.41, 5.74) is 1.62. The van der Waals surface area contributed by atoms with Crippen LogP contribution in [0.2, 0.25) is 0 Å². The van der Waals surface area contributed by atoms with Crippen LogP contribution in [0.25, 0.3) is 11.0 Å². The van der Waals surface area contributed by atoms with Crippen LogP contribution in [0.15, 0.2) is 46.9 Å². The first kappa shape index (κ1) is 32.4. The molecule has 0 radical (unpaired) electrons. The van der Waals surface area contributed by atoms with E-state index < -0.39 is 35.5 Å². The molecule has 0 spiro atoms. The van der Waals surface area contributed by atoms with E-state index in [1.165, 1.54) is 0 Å². The summed E-state index contributed by atoms with van der Waals surface area (Å²) in [5, 5.41) is 10.4. The lowest BCUT2D eigenvalue weighted by molar-refractivity contribution is -0.769. The zero-order valence-electron chi connectivity index (χ0n) is 26.1. The molecule has 2 aromatic carbocycles. The monoisotopic (exact) mass is 624 g/mol. The van der Waals surface area contributed by atoms with Crippen molar-refractivity contribution < 1.29 is 42.9 Å². The van der Waals surface area contributed by atoms with Gasteiger partial charge in [-0.2, -0.15) is 0 Å². The maximum Gasteiger partial charge on any atom is 0.338 e. The van der Waals surface area contributed by atoms with Gasteiger partial charge in [-0.1, -0.05) is 13.3 Å². The normalized spacial score (nSPS) is 20.9. The Balaban J connectivity index is 1.31. The fourth-order valence-electron chi connectivity index (χ4n) is 5.58. The van der Waals surface area contributed by atoms with Crippen LogP contribution in [0.3, 0.4) is 0 Å². The summed E-state index contributed by atoms with van der Waals surface area (Å²) in [6.07, 6.45) is 0.179. The van der Waals surface area contributed by atoms with E-state index in [1.807, 2.05) is 0 Å². The average Bonchev–Trinajstić information content (AvgIpc) is 3.72. The van der Waals surface area contributed by atoms with E-state index in [1.54, 1.807) is 42.5 Å². The summed E-state index contributed by atoms with van der Waals surface area (Å²) >= 11 is 0. The van der Waals surface area contributed by atoms with Crippen LogP contribution in [0.1, 0.15) is 72.1 Å². The lowest BCUT2D eigenvalue weighted by atomic mass is 9.97. The Hall–Kier alpha value is -4.00. The number of nitrogens with zero attached hydrogens (tertiary/aromatic N) is 2. The summed E-state index contributed by atoms with van der Waals surface area (Å²) < 4.78 is 28.9. The van der Waals surface area contributed by atoms with Crippen LogP contribution in [0.5, 0.6) is 5.75 Å². The lowest BCUT2D eigenvalue weighted by Crippen LogP contribution is -2.35. The number of aryl methyl sites for hydroxylation is 1. The molecular formula is C33H40N2O10. The lowest BCUT2D eigenvalue weighted by Gasteiger charge is -2.20. The second-order valence-electron chi connectivity index (χ2n) is 11.8. The molecular weight excluding hydrogens is 584 g/mol. The molecule has 45 heavy (non-hydrogen) atoms. The highest BCUT2D eigenvalue weighted by molar-refractivity contribution is 6.17. The van der Waals surface area contributed by atoms with Gasteiger partial charge in [0.2, 0.25) is 0 Å². The molecule has 2 fully saturated rings. The van der Waals surface area contributed by atoms with Gasteiger partial charge in [0.05, 0.1) is 30.9 Å². The topological polar surface area (TPSA) is 140 Å². The Labute approximate surface area is 261 Å². The first-order chi connectivity index (χ1) is 21.7. The van der Waals surface area contributed by atoms with Gasteiger partial charge < -0.3 is 33.1 Å². The number of esters is 1. The van der Waals surface area contributed by atoms with E-state index >= 15 is 0 Å². The van der Waals surface area contributed by atoms with Crippen molar-refractivity contribution in [2.24, 2.45) is 0 Å². The molecule has 5 rings (SSSR count). The highest BCUT2D eigenvalue weighted by Crippen LogP contribution is 2.33. The molecule has 2 aliphatic heterocycles. The standard InChI is InChI=1S/C33H40N2O10/c1-5-6-8-26-29(30(36)21-9-12-23(13-10-21)40-16-7-15-34(4)20(2)3)24-17-22(11-14-25(24)43-26)33(37)44-27-18-41-32-28(45-35(38)39)19-42-31(27)32/h9-14,17,20,27-28,31-32H,5-8,15-16,18-19H2,1-4H3/t27-,28+,31-,32-/m1/s1. The number of fused-ring (bicyclic) bond motifs is 2. The molecule has 0 bridgehead atoms. The van der Waals surface area contributed by atoms with Gasteiger partial charge in [0, 0.05) is 30.0 Å². The van der Waals surface area contributed by atoms with Crippen LogP contribution in [-0.4, -0.2) is 85.6 Å². The van der Waals surface area contributed by atoms with Crippen molar-refractivity contribution >= 4 is 22.7 Å². The third-order valence-corrected chi connectivity index (χ3v) is 8.35. The minimum atomic E-state index is -0.886. The van der Waals surface area contributed by atoms with Gasteiger partial charge >= 0.3 is 5.97 Å². The Morgan fingerprint density at radius 1 is 1.02 bits per heavy atom. The molecule has 242 valence electrons. The molecule has 1 aromatic heterocycles. The first-order valence-corrected chi connectivity index (χ1v) is 15.4. The fourth-order valence-corrected chi connectivity index (χ4v) is 5.58. The Kier molecular flexibility index (Phi) is 10.4. The fraction of sp³-hybridized carbons (Fsp3) is 0.515. The Morgan fingerprint density at radius 2 is 1.71 bits per heavy atom. The van der Waals surface area contributed by atoms with E-state index in [4.69, 9.17) is 23.4 Å². The van der Waals surface area contributed by atoms with Gasteiger partial charge in [-0.05, 0) is 76.2 Å². The van der Waals surface area contributed by atoms with E-state index in [-0.39, 0.29) is 24.6 Å². The zero-order valence-corrected chi connectivity index (χ0v) is 26.1. The molecule has 3 heterocycles. The van der Waals surface area contributed by atoms with Crippen LogP contribution in [-0.2, 0) is 25.5 Å². The second-order valence-corrected chi connectivity index (χ2v) is 11.8. The number of furan rings is 1. The summed E-state index contributed by atoms with van der Waals surface area (Å²) in [7, 11) is 2.09. The largest absolute Gasteiger partial charge is 0.494 e. The molecule has 0 saturated carbocycles. The zero-order chi connectivity index (χ0) is 32.1. The van der Waals surface area contributed by atoms with E-state index in [0.29, 0.717) is 52.7 Å². The van der Waals surface area contributed by atoms with Crippen molar-refractivity contribution in [3.8, 4) is 5.75 Å². The number of rotatable bonds is 15. The van der Waals surface area contributed by atoms with Crippen molar-refractivity contribution in [1.82, 2.24) is 4.90 Å². The van der Waals surface area contributed by atoms with Gasteiger partial charge in [-0.3, -0.25) is 4.79 Å². The quantitative estimate of drug-likeness (QED) is 0.0741. The first-order valence-electron chi connectivity index (χ1n) is 15.4. The maximum absolute atomic E-state index is 13.9. The molecule has 0 N–H and O–H groups in total. The van der Waals surface area contributed by atoms with E-state index in [2.05, 4.69) is 37.6 Å². The Morgan fingerprint density at radius 3 is 2.40 bits per heavy atom. The molecule has 2 saturated heterocycles. The number of hydrogen-bond acceptors (Lipinski definition) is 11. The van der Waals surface area contributed by atoms with Crippen molar-refractivity contribution in [3.05, 3.63) is 75.0 Å². The van der Waals surface area contributed by atoms with Crippen molar-refractivity contribution in [1.29, 1.82) is 0 Å². The molecule has 0 amide bonds. The van der Waals surface area contributed by atoms with Gasteiger partial charge in [0.15, 0.2) is 18.0 Å². The number of carbonyl (C=O) groups is 2. The van der Waals surface area contributed by atoms with Crippen LogP contribution >= 0.6 is 0 Å². The van der Waals surface area contributed by atoms with E-state index in [0.717, 1.165) is 25.8 Å². The minimum absolute atomic E-state index is 0.0200. The molecule has 3 aromatic rings. The molecule has 4 atom stereocenters. The van der Waals surface area contributed by atoms with Gasteiger partial charge in [-0.25, -0.2) is 4.79 Å². The molecule has 0 unspecified atom stereocenters. The molecule has 0 aliphatic carbocycles. The highest BCUT2D eigenvalue weighted by Gasteiger charge is 2.51. The van der Waals surface area contributed by atoms with Crippen LogP contribution in [0.4, 0.5) is 0 Å². The predicted molar refractivity (Wildman–Crippen MR) is 163 cm³/mol. The SMILES string of the molecule is CCCCc1oc2ccc(C(=O)O[C@@H]3CO[C@H]4[C@@H]3OC[C@@H]4O[N+](=O)[O-])cc2c1C(=O)c1ccc(OCCCN(C)C(C)C)cc1. The highest BCUT2D eigenvalue weighted by atomic mass is 17.0. The summed E-state index contributed by atoms with van der Waals surface area (Å²) in [5.74, 6) is 0.413. The Bertz CT molecular complexity index is 1500. The van der Waals surface area contributed by atoms with Gasteiger partial charge in [-0.15, -0.1) is 10.1 Å². The number of hydrogen-bond donors (Lipinski definition) is 0. The average molecular weight is 625 g/mol. The van der Waals surface area contributed by atoms with Crippen molar-refractivity contribution in [3.63, 3.8) is 0 Å². The van der Waals surface area contributed by atoms with Crippen LogP contribution in [0, 0.1) is 10.1 Å².